The number of nitrogens with zero attached hydrogens (tertiary/aromatic N) is 5. The summed E-state index contributed by atoms with van der Waals surface area (Å²) < 4.78 is 0. The zero-order valence-electron chi connectivity index (χ0n) is 15.3. The Bertz CT molecular complexity index is 676. The lowest BCUT2D eigenvalue weighted by Gasteiger charge is -2.35. The van der Waals surface area contributed by atoms with Crippen molar-refractivity contribution in [2.45, 2.75) is 44.6 Å². The van der Waals surface area contributed by atoms with E-state index in [0.29, 0.717) is 6.04 Å². The van der Waals surface area contributed by atoms with E-state index in [4.69, 9.17) is 4.98 Å². The number of pyridine rings is 1. The van der Waals surface area contributed by atoms with E-state index in [-0.39, 0.29) is 0 Å². The van der Waals surface area contributed by atoms with Crippen LogP contribution in [0.15, 0.2) is 36.7 Å². The Kier molecular flexibility index (Phi) is 5.47. The molecule has 0 atom stereocenters. The number of anilines is 3. The maximum atomic E-state index is 4.79. The van der Waals surface area contributed by atoms with Gasteiger partial charge in [-0.05, 0) is 31.0 Å². The first-order chi connectivity index (χ1) is 12.9. The van der Waals surface area contributed by atoms with Gasteiger partial charge < -0.3 is 15.1 Å². The third kappa shape index (κ3) is 4.23. The van der Waals surface area contributed by atoms with Crippen molar-refractivity contribution < 1.29 is 0 Å². The Morgan fingerprint density at radius 1 is 0.808 bits per heavy atom. The number of hydrogen-bond donors (Lipinski definition) is 1. The van der Waals surface area contributed by atoms with Crippen molar-refractivity contribution >= 4 is 17.6 Å². The molecule has 0 amide bonds. The van der Waals surface area contributed by atoms with Crippen LogP contribution in [0.4, 0.5) is 17.6 Å². The molecule has 0 aromatic carbocycles. The molecule has 4 rings (SSSR count). The van der Waals surface area contributed by atoms with Crippen LogP contribution in [0.1, 0.15) is 38.5 Å². The first kappa shape index (κ1) is 17.1. The van der Waals surface area contributed by atoms with Crippen LogP contribution >= 0.6 is 0 Å². The van der Waals surface area contributed by atoms with E-state index in [0.717, 1.165) is 43.8 Å². The van der Waals surface area contributed by atoms with E-state index in [2.05, 4.69) is 31.2 Å². The molecule has 0 spiro atoms. The van der Waals surface area contributed by atoms with Crippen molar-refractivity contribution in [2.24, 2.45) is 0 Å². The second-order valence-electron chi connectivity index (χ2n) is 7.24. The molecule has 1 N–H and O–H groups in total. The molecule has 0 unspecified atom stereocenters. The summed E-state index contributed by atoms with van der Waals surface area (Å²) in [7, 11) is 0. The summed E-state index contributed by atoms with van der Waals surface area (Å²) in [6, 6.07) is 8.63. The predicted molar refractivity (Wildman–Crippen MR) is 106 cm³/mol. The molecule has 2 aromatic heterocycles. The van der Waals surface area contributed by atoms with Gasteiger partial charge in [0.2, 0.25) is 5.95 Å². The molecular weight excluding hydrogens is 324 g/mol. The molecule has 1 saturated carbocycles. The van der Waals surface area contributed by atoms with Crippen molar-refractivity contribution in [3.8, 4) is 0 Å². The number of rotatable bonds is 4. The van der Waals surface area contributed by atoms with Gasteiger partial charge in [-0.15, -0.1) is 0 Å². The Morgan fingerprint density at radius 2 is 1.58 bits per heavy atom. The van der Waals surface area contributed by atoms with Crippen molar-refractivity contribution in [3.05, 3.63) is 36.7 Å². The smallest absolute Gasteiger partial charge is 0.227 e. The Hall–Kier alpha value is -2.37. The first-order valence-corrected chi connectivity index (χ1v) is 9.89. The molecule has 0 bridgehead atoms. The molecule has 3 heterocycles. The van der Waals surface area contributed by atoms with E-state index in [9.17, 15) is 0 Å². The average molecular weight is 352 g/mol. The second-order valence-corrected chi connectivity index (χ2v) is 7.24. The highest BCUT2D eigenvalue weighted by Gasteiger charge is 2.20. The van der Waals surface area contributed by atoms with Gasteiger partial charge in [-0.2, -0.15) is 4.98 Å². The second kappa shape index (κ2) is 8.34. The summed E-state index contributed by atoms with van der Waals surface area (Å²) in [6.45, 7) is 3.73. The van der Waals surface area contributed by atoms with Gasteiger partial charge in [0.05, 0.1) is 0 Å². The average Bonchev–Trinajstić information content (AvgIpc) is 2.98. The minimum absolute atomic E-state index is 0.557. The van der Waals surface area contributed by atoms with Crippen LogP contribution in [0.5, 0.6) is 0 Å². The molecule has 0 radical (unpaired) electrons. The lowest BCUT2D eigenvalue weighted by atomic mass is 10.1. The van der Waals surface area contributed by atoms with E-state index < -0.39 is 0 Å². The standard InChI is InChI=1S/C20H28N6/c1-2-4-8-17(7-3-1)23-18-10-12-22-20(24-18)26-15-13-25(14-16-26)19-9-5-6-11-21-19/h5-6,9-12,17H,1-4,7-8,13-16H2,(H,22,23,24). The molecule has 6 nitrogen and oxygen atoms in total. The van der Waals surface area contributed by atoms with Gasteiger partial charge in [0, 0.05) is 44.6 Å². The third-order valence-electron chi connectivity index (χ3n) is 5.39. The maximum Gasteiger partial charge on any atom is 0.227 e. The summed E-state index contributed by atoms with van der Waals surface area (Å²) in [5.41, 5.74) is 0. The van der Waals surface area contributed by atoms with Crippen LogP contribution in [-0.2, 0) is 0 Å². The van der Waals surface area contributed by atoms with Gasteiger partial charge in [0.25, 0.3) is 0 Å². The molecule has 6 heteroatoms. The highest BCUT2D eigenvalue weighted by atomic mass is 15.3. The summed E-state index contributed by atoms with van der Waals surface area (Å²) in [5.74, 6) is 2.86. The zero-order chi connectivity index (χ0) is 17.6. The molecule has 1 aliphatic carbocycles. The topological polar surface area (TPSA) is 57.2 Å². The predicted octanol–water partition coefficient (Wildman–Crippen LogP) is 3.33. The van der Waals surface area contributed by atoms with Crippen molar-refractivity contribution in [1.82, 2.24) is 15.0 Å². The highest BCUT2D eigenvalue weighted by Crippen LogP contribution is 2.22. The number of piperazine rings is 1. The third-order valence-corrected chi connectivity index (χ3v) is 5.39. The van der Waals surface area contributed by atoms with Gasteiger partial charge in [-0.1, -0.05) is 31.7 Å². The largest absolute Gasteiger partial charge is 0.367 e. The van der Waals surface area contributed by atoms with Gasteiger partial charge in [-0.25, -0.2) is 9.97 Å². The fourth-order valence-corrected chi connectivity index (χ4v) is 3.89. The fraction of sp³-hybridized carbons (Fsp3) is 0.550. The van der Waals surface area contributed by atoms with E-state index in [1.165, 1.54) is 38.5 Å². The molecule has 2 aliphatic rings. The Balaban J connectivity index is 1.36. The molecular formula is C20H28N6. The van der Waals surface area contributed by atoms with Gasteiger partial charge in [0.1, 0.15) is 11.6 Å². The van der Waals surface area contributed by atoms with Crippen LogP contribution in [0.3, 0.4) is 0 Å². The van der Waals surface area contributed by atoms with E-state index in [1.807, 2.05) is 30.6 Å². The summed E-state index contributed by atoms with van der Waals surface area (Å²) in [4.78, 5) is 18.4. The summed E-state index contributed by atoms with van der Waals surface area (Å²) in [6.07, 6.45) is 11.6. The fourth-order valence-electron chi connectivity index (χ4n) is 3.89. The monoisotopic (exact) mass is 352 g/mol. The van der Waals surface area contributed by atoms with Crippen LogP contribution < -0.4 is 15.1 Å². The Morgan fingerprint density at radius 3 is 2.31 bits per heavy atom. The van der Waals surface area contributed by atoms with Gasteiger partial charge in [0.15, 0.2) is 0 Å². The quantitative estimate of drug-likeness (QED) is 0.852. The summed E-state index contributed by atoms with van der Waals surface area (Å²) >= 11 is 0. The minimum Gasteiger partial charge on any atom is -0.367 e. The van der Waals surface area contributed by atoms with Gasteiger partial charge >= 0.3 is 0 Å². The van der Waals surface area contributed by atoms with Gasteiger partial charge in [-0.3, -0.25) is 0 Å². The van der Waals surface area contributed by atoms with Crippen LogP contribution in [-0.4, -0.2) is 47.2 Å². The van der Waals surface area contributed by atoms with E-state index >= 15 is 0 Å². The lowest BCUT2D eigenvalue weighted by molar-refractivity contribution is 0.614. The molecule has 138 valence electrons. The van der Waals surface area contributed by atoms with Crippen LogP contribution in [0, 0.1) is 0 Å². The number of nitrogens with one attached hydrogen (secondary N) is 1. The maximum absolute atomic E-state index is 4.79. The van der Waals surface area contributed by atoms with E-state index in [1.54, 1.807) is 0 Å². The number of hydrogen-bond acceptors (Lipinski definition) is 6. The van der Waals surface area contributed by atoms with Crippen molar-refractivity contribution in [3.63, 3.8) is 0 Å². The molecule has 2 aromatic rings. The lowest BCUT2D eigenvalue weighted by Crippen LogP contribution is -2.47. The first-order valence-electron chi connectivity index (χ1n) is 9.89. The van der Waals surface area contributed by atoms with Crippen molar-refractivity contribution in [1.29, 1.82) is 0 Å². The molecule has 1 aliphatic heterocycles. The molecule has 26 heavy (non-hydrogen) atoms. The normalized spacial score (nSPS) is 19.2. The van der Waals surface area contributed by atoms with Crippen LogP contribution in [0.25, 0.3) is 0 Å². The SMILES string of the molecule is c1ccc(N2CCN(c3nccc(NC4CCCCCC4)n3)CC2)nc1. The zero-order valence-corrected chi connectivity index (χ0v) is 15.3. The minimum atomic E-state index is 0.557. The number of aromatic nitrogens is 3. The molecule has 2 fully saturated rings. The van der Waals surface area contributed by atoms with Crippen LogP contribution in [0.2, 0.25) is 0 Å². The molecule has 1 saturated heterocycles. The summed E-state index contributed by atoms with van der Waals surface area (Å²) in [5, 5.41) is 3.64. The van der Waals surface area contributed by atoms with Crippen molar-refractivity contribution in [2.75, 3.05) is 41.3 Å². The Labute approximate surface area is 155 Å². The highest BCUT2D eigenvalue weighted by molar-refractivity contribution is 5.45.